The highest BCUT2D eigenvalue weighted by Gasteiger charge is 2.13. The lowest BCUT2D eigenvalue weighted by molar-refractivity contribution is 0.0505. The topological polar surface area (TPSA) is 52.1 Å². The van der Waals surface area contributed by atoms with E-state index in [1.165, 1.54) is 24.9 Å². The van der Waals surface area contributed by atoms with Gasteiger partial charge in [-0.2, -0.15) is 8.78 Å². The summed E-state index contributed by atoms with van der Waals surface area (Å²) in [4.78, 5) is 20.1. The fraction of sp³-hybridized carbons (Fsp3) is 0.500. The summed E-state index contributed by atoms with van der Waals surface area (Å²) in [6, 6.07) is 0. The van der Waals surface area contributed by atoms with Gasteiger partial charge in [0, 0.05) is 18.4 Å². The average molecular weight is 316 g/mol. The van der Waals surface area contributed by atoms with Crippen molar-refractivity contribution in [3.63, 3.8) is 0 Å². The number of nitrogens with zero attached hydrogens (tertiary/aromatic N) is 2. The molecule has 0 aliphatic heterocycles. The van der Waals surface area contributed by atoms with E-state index in [0.717, 1.165) is 12.2 Å². The minimum Gasteiger partial charge on any atom is -0.462 e. The highest BCUT2D eigenvalue weighted by atomic mass is 32.2. The maximum Gasteiger partial charge on any atom is 0.341 e. The second kappa shape index (κ2) is 8.71. The van der Waals surface area contributed by atoms with Gasteiger partial charge in [-0.15, -0.1) is 0 Å². The van der Waals surface area contributed by atoms with E-state index in [4.69, 9.17) is 4.74 Å². The molecule has 0 aliphatic carbocycles. The molecule has 0 bridgehead atoms. The highest BCUT2D eigenvalue weighted by molar-refractivity contribution is 7.99. The third kappa shape index (κ3) is 5.79. The molecule has 7 heteroatoms. The number of hydrogen-bond donors (Lipinski definition) is 0. The Morgan fingerprint density at radius 3 is 2.71 bits per heavy atom. The van der Waals surface area contributed by atoms with Gasteiger partial charge in [0.1, 0.15) is 0 Å². The smallest absolute Gasteiger partial charge is 0.341 e. The van der Waals surface area contributed by atoms with Crippen molar-refractivity contribution in [2.75, 3.05) is 12.4 Å². The number of thioether (sulfide) groups is 1. The number of aromatic nitrogens is 2. The zero-order valence-corrected chi connectivity index (χ0v) is 13.1. The summed E-state index contributed by atoms with van der Waals surface area (Å²) in [6.07, 6.45) is 0.705. The molecule has 0 fully saturated rings. The molecule has 0 spiro atoms. The molecule has 4 nitrogen and oxygen atoms in total. The van der Waals surface area contributed by atoms with Crippen molar-refractivity contribution in [3.05, 3.63) is 29.1 Å². The summed E-state index contributed by atoms with van der Waals surface area (Å²) < 4.78 is 29.4. The maximum atomic E-state index is 12.2. The monoisotopic (exact) mass is 316 g/mol. The van der Waals surface area contributed by atoms with Crippen LogP contribution in [-0.4, -0.2) is 28.3 Å². The number of hydrogen-bond acceptors (Lipinski definition) is 5. The Morgan fingerprint density at radius 2 is 2.14 bits per heavy atom. The lowest BCUT2D eigenvalue weighted by atomic mass is 10.2. The molecule has 0 amide bonds. The van der Waals surface area contributed by atoms with Crippen molar-refractivity contribution in [2.45, 2.75) is 38.8 Å². The molecule has 0 aromatic carbocycles. The fourth-order valence-corrected chi connectivity index (χ4v) is 2.09. The minimum absolute atomic E-state index is 0.0123. The van der Waals surface area contributed by atoms with Gasteiger partial charge >= 0.3 is 5.97 Å². The number of ether oxygens (including phenoxy) is 1. The van der Waals surface area contributed by atoms with Gasteiger partial charge in [0.2, 0.25) is 0 Å². The lowest BCUT2D eigenvalue weighted by Crippen LogP contribution is -2.10. The van der Waals surface area contributed by atoms with Gasteiger partial charge in [0.15, 0.2) is 5.16 Å². The zero-order chi connectivity index (χ0) is 15.8. The van der Waals surface area contributed by atoms with Crippen LogP contribution in [0.2, 0.25) is 0 Å². The molecule has 1 heterocycles. The highest BCUT2D eigenvalue weighted by Crippen LogP contribution is 2.16. The van der Waals surface area contributed by atoms with E-state index in [9.17, 15) is 13.6 Å². The predicted octanol–water partition coefficient (Wildman–Crippen LogP) is 4.00. The van der Waals surface area contributed by atoms with Crippen LogP contribution in [0.3, 0.4) is 0 Å². The van der Waals surface area contributed by atoms with E-state index in [1.807, 2.05) is 0 Å². The van der Waals surface area contributed by atoms with Gasteiger partial charge in [-0.3, -0.25) is 0 Å². The van der Waals surface area contributed by atoms with Crippen molar-refractivity contribution in [2.24, 2.45) is 0 Å². The molecule has 1 rings (SSSR count). The summed E-state index contributed by atoms with van der Waals surface area (Å²) >= 11 is 1.52. The first-order valence-electron chi connectivity index (χ1n) is 6.60. The fourth-order valence-electron chi connectivity index (χ4n) is 1.38. The number of carbonyl (C=O) groups excluding carboxylic acids is 1. The molecule has 0 unspecified atom stereocenters. The molecule has 1 aromatic heterocycles. The first-order chi connectivity index (χ1) is 9.95. The lowest BCUT2D eigenvalue weighted by Gasteiger charge is -2.07. The Balaban J connectivity index is 2.60. The molecule has 0 saturated carbocycles. The van der Waals surface area contributed by atoms with Crippen LogP contribution in [0.25, 0.3) is 0 Å². The van der Waals surface area contributed by atoms with Crippen LogP contribution in [0.4, 0.5) is 8.78 Å². The van der Waals surface area contributed by atoms with Gasteiger partial charge in [0.05, 0.1) is 17.9 Å². The first-order valence-corrected chi connectivity index (χ1v) is 7.58. The van der Waals surface area contributed by atoms with Crippen LogP contribution in [0.5, 0.6) is 0 Å². The van der Waals surface area contributed by atoms with E-state index in [2.05, 4.69) is 16.9 Å². The van der Waals surface area contributed by atoms with Gasteiger partial charge in [-0.05, 0) is 25.8 Å². The Hall–Kier alpha value is -1.50. The number of aryl methyl sites for hydroxylation is 1. The molecule has 0 atom stereocenters. The molecule has 0 aliphatic rings. The average Bonchev–Trinajstić information content (AvgIpc) is 2.44. The molecular weight excluding hydrogens is 298 g/mol. The Bertz CT molecular complexity index is 532. The molecule has 0 radical (unpaired) electrons. The van der Waals surface area contributed by atoms with Crippen molar-refractivity contribution >= 4 is 17.7 Å². The molecule has 21 heavy (non-hydrogen) atoms. The summed E-state index contributed by atoms with van der Waals surface area (Å²) in [5.74, 6) is 0.315. The second-order valence-electron chi connectivity index (χ2n) is 4.43. The number of esters is 1. The standard InChI is InChI=1S/C14H18F2N2O2S/c1-4-7-21-14-17-8-11(10(3)18-14)13(19)20-6-5-9(2)12(15)16/h8H,4-7H2,1-3H3. The summed E-state index contributed by atoms with van der Waals surface area (Å²) in [5, 5.41) is 0.615. The third-order valence-corrected chi connectivity index (χ3v) is 3.71. The van der Waals surface area contributed by atoms with E-state index < -0.39 is 12.0 Å². The van der Waals surface area contributed by atoms with Crippen molar-refractivity contribution < 1.29 is 18.3 Å². The number of rotatable bonds is 7. The van der Waals surface area contributed by atoms with Crippen LogP contribution in [0, 0.1) is 6.92 Å². The predicted molar refractivity (Wildman–Crippen MR) is 77.6 cm³/mol. The summed E-state index contributed by atoms with van der Waals surface area (Å²) in [5.41, 5.74) is 0.706. The van der Waals surface area contributed by atoms with Crippen molar-refractivity contribution in [1.29, 1.82) is 0 Å². The van der Waals surface area contributed by atoms with E-state index >= 15 is 0 Å². The van der Waals surface area contributed by atoms with E-state index in [0.29, 0.717) is 10.9 Å². The molecule has 0 N–H and O–H groups in total. The van der Waals surface area contributed by atoms with Crippen molar-refractivity contribution in [3.8, 4) is 0 Å². The maximum absolute atomic E-state index is 12.2. The van der Waals surface area contributed by atoms with Gasteiger partial charge in [0.25, 0.3) is 6.08 Å². The first kappa shape index (κ1) is 17.6. The summed E-state index contributed by atoms with van der Waals surface area (Å²) in [6.45, 7) is 4.97. The van der Waals surface area contributed by atoms with Crippen molar-refractivity contribution in [1.82, 2.24) is 9.97 Å². The molecule has 116 valence electrons. The number of carbonyl (C=O) groups is 1. The zero-order valence-electron chi connectivity index (χ0n) is 12.3. The largest absolute Gasteiger partial charge is 0.462 e. The van der Waals surface area contributed by atoms with Crippen LogP contribution in [0.1, 0.15) is 42.7 Å². The Labute approximate surface area is 127 Å². The Morgan fingerprint density at radius 1 is 1.43 bits per heavy atom. The molecule has 0 saturated heterocycles. The number of halogens is 2. The Kier molecular flexibility index (Phi) is 7.28. The normalized spacial score (nSPS) is 10.3. The third-order valence-electron chi connectivity index (χ3n) is 2.65. The van der Waals surface area contributed by atoms with E-state index in [-0.39, 0.29) is 24.2 Å². The summed E-state index contributed by atoms with van der Waals surface area (Å²) in [7, 11) is 0. The van der Waals surface area contributed by atoms with Crippen LogP contribution >= 0.6 is 11.8 Å². The van der Waals surface area contributed by atoms with Gasteiger partial charge in [-0.25, -0.2) is 14.8 Å². The van der Waals surface area contributed by atoms with Gasteiger partial charge < -0.3 is 4.74 Å². The SMILES string of the molecule is CCCSc1ncc(C(=O)OCCC(C)=C(F)F)c(C)n1. The van der Waals surface area contributed by atoms with Gasteiger partial charge in [-0.1, -0.05) is 18.7 Å². The quantitative estimate of drug-likeness (QED) is 0.432. The second-order valence-corrected chi connectivity index (χ2v) is 5.49. The molecular formula is C14H18F2N2O2S. The van der Waals surface area contributed by atoms with Crippen LogP contribution in [-0.2, 0) is 4.74 Å². The van der Waals surface area contributed by atoms with E-state index in [1.54, 1.807) is 6.92 Å². The van der Waals surface area contributed by atoms with Crippen LogP contribution < -0.4 is 0 Å². The van der Waals surface area contributed by atoms with Crippen LogP contribution in [0.15, 0.2) is 23.0 Å². The minimum atomic E-state index is -1.73. The molecule has 1 aromatic rings.